The fraction of sp³-hybridized carbons (Fsp3) is 0.391. The van der Waals surface area contributed by atoms with Crippen molar-refractivity contribution in [2.75, 3.05) is 14.2 Å². The number of carbonyl (C=O) groups is 2. The molecule has 0 aliphatic heterocycles. The monoisotopic (exact) mass is 396 g/mol. The van der Waals surface area contributed by atoms with Gasteiger partial charge in [-0.25, -0.2) is 0 Å². The zero-order valence-electron chi connectivity index (χ0n) is 16.6. The second-order valence-corrected chi connectivity index (χ2v) is 6.86. The number of furan rings is 1. The third-order valence-electron chi connectivity index (χ3n) is 4.90. The van der Waals surface area contributed by atoms with E-state index in [1.54, 1.807) is 19.2 Å². The van der Waals surface area contributed by atoms with Gasteiger partial charge in [0, 0.05) is 0 Å². The van der Waals surface area contributed by atoms with Crippen LogP contribution in [0, 0.1) is 11.8 Å². The smallest absolute Gasteiger partial charge is 0.307 e. The summed E-state index contributed by atoms with van der Waals surface area (Å²) in [5.74, 6) is 7.01. The van der Waals surface area contributed by atoms with Crippen LogP contribution >= 0.6 is 0 Å². The molecule has 1 fully saturated rings. The predicted octanol–water partition coefficient (Wildman–Crippen LogP) is 4.12. The normalized spacial score (nSPS) is 14.6. The Morgan fingerprint density at radius 2 is 2.00 bits per heavy atom. The van der Waals surface area contributed by atoms with E-state index >= 15 is 0 Å². The number of methoxy groups -OCH3 is 2. The summed E-state index contributed by atoms with van der Waals surface area (Å²) in [6.45, 7) is 0. The van der Waals surface area contributed by atoms with Crippen LogP contribution in [0.15, 0.2) is 34.7 Å². The molecule has 1 aliphatic rings. The van der Waals surface area contributed by atoms with Gasteiger partial charge in [-0.2, -0.15) is 0 Å². The van der Waals surface area contributed by atoms with Crippen molar-refractivity contribution >= 4 is 12.3 Å². The Bertz CT molecular complexity index is 911. The molecule has 1 aliphatic carbocycles. The number of rotatable bonds is 7. The van der Waals surface area contributed by atoms with E-state index in [9.17, 15) is 9.59 Å². The molecule has 0 spiro atoms. The zero-order valence-corrected chi connectivity index (χ0v) is 16.6. The molecule has 1 aromatic heterocycles. The molecule has 0 bridgehead atoms. The van der Waals surface area contributed by atoms with Gasteiger partial charge in [-0.3, -0.25) is 9.59 Å². The molecule has 2 aromatic rings. The first kappa shape index (κ1) is 20.5. The largest absolute Gasteiger partial charge is 0.493 e. The Morgan fingerprint density at radius 3 is 2.66 bits per heavy atom. The van der Waals surface area contributed by atoms with E-state index in [2.05, 4.69) is 11.8 Å². The number of carbonyl (C=O) groups excluding carboxylic acids is 2. The Hall–Kier alpha value is -3.20. The molecule has 1 aromatic carbocycles. The maximum atomic E-state index is 11.9. The summed E-state index contributed by atoms with van der Waals surface area (Å²) in [6.07, 6.45) is 5.25. The van der Waals surface area contributed by atoms with E-state index in [4.69, 9.17) is 18.6 Å². The molecule has 6 heteroatoms. The van der Waals surface area contributed by atoms with Gasteiger partial charge in [-0.05, 0) is 61.4 Å². The lowest BCUT2D eigenvalue weighted by Gasteiger charge is -2.18. The third kappa shape index (κ3) is 5.41. The van der Waals surface area contributed by atoms with Crippen LogP contribution in [0.25, 0.3) is 0 Å². The number of hydrogen-bond acceptors (Lipinski definition) is 6. The van der Waals surface area contributed by atoms with Crippen LogP contribution in [0.2, 0.25) is 0 Å². The molecule has 1 heterocycles. The Labute approximate surface area is 170 Å². The van der Waals surface area contributed by atoms with E-state index < -0.39 is 5.92 Å². The SMILES string of the molecule is COC(=O)C[C@H](C#Cc1ccc(C=O)o1)c1ccc(OC)c(OC2CCCC2)c1. The van der Waals surface area contributed by atoms with Gasteiger partial charge in [0.15, 0.2) is 29.3 Å². The molecule has 1 atom stereocenters. The fourth-order valence-corrected chi connectivity index (χ4v) is 3.33. The molecule has 152 valence electrons. The average molecular weight is 396 g/mol. The quantitative estimate of drug-likeness (QED) is 0.398. The fourth-order valence-electron chi connectivity index (χ4n) is 3.33. The minimum absolute atomic E-state index is 0.0833. The lowest BCUT2D eigenvalue weighted by atomic mass is 9.95. The number of ether oxygens (including phenoxy) is 3. The van der Waals surface area contributed by atoms with Crippen LogP contribution in [0.3, 0.4) is 0 Å². The van der Waals surface area contributed by atoms with E-state index in [-0.39, 0.29) is 24.3 Å². The second kappa shape index (κ2) is 9.83. The Kier molecular flexibility index (Phi) is 6.96. The standard InChI is InChI=1S/C23H24O6/c1-26-21-12-8-16(13-22(21)29-18-5-3-4-6-18)17(14-23(25)27-2)7-9-19-10-11-20(15-24)28-19/h8,10-13,15,17-18H,3-6,14H2,1-2H3/t17-/m0/s1. The van der Waals surface area contributed by atoms with E-state index in [1.165, 1.54) is 7.11 Å². The van der Waals surface area contributed by atoms with Crippen LogP contribution in [-0.4, -0.2) is 32.6 Å². The van der Waals surface area contributed by atoms with Gasteiger partial charge < -0.3 is 18.6 Å². The zero-order chi connectivity index (χ0) is 20.6. The number of aldehydes is 1. The van der Waals surface area contributed by atoms with Crippen molar-refractivity contribution in [1.29, 1.82) is 0 Å². The summed E-state index contributed by atoms with van der Waals surface area (Å²) in [5, 5.41) is 0. The third-order valence-corrected chi connectivity index (χ3v) is 4.90. The van der Waals surface area contributed by atoms with Gasteiger partial charge in [-0.15, -0.1) is 0 Å². The van der Waals surface area contributed by atoms with Crippen LogP contribution in [0.5, 0.6) is 11.5 Å². The van der Waals surface area contributed by atoms with Crippen molar-refractivity contribution in [2.45, 2.75) is 44.1 Å². The van der Waals surface area contributed by atoms with Crippen LogP contribution < -0.4 is 9.47 Å². The molecule has 0 radical (unpaired) electrons. The summed E-state index contributed by atoms with van der Waals surface area (Å²) >= 11 is 0. The van der Waals surface area contributed by atoms with Gasteiger partial charge in [0.25, 0.3) is 0 Å². The second-order valence-electron chi connectivity index (χ2n) is 6.86. The summed E-state index contributed by atoms with van der Waals surface area (Å²) in [4.78, 5) is 22.7. The number of hydrogen-bond donors (Lipinski definition) is 0. The van der Waals surface area contributed by atoms with Gasteiger partial charge in [0.05, 0.1) is 32.7 Å². The molecular formula is C23H24O6. The minimum Gasteiger partial charge on any atom is -0.493 e. The molecule has 0 N–H and O–H groups in total. The molecule has 29 heavy (non-hydrogen) atoms. The van der Waals surface area contributed by atoms with E-state index in [1.807, 2.05) is 18.2 Å². The first-order valence-corrected chi connectivity index (χ1v) is 9.61. The van der Waals surface area contributed by atoms with Crippen LogP contribution in [-0.2, 0) is 9.53 Å². The van der Waals surface area contributed by atoms with Crippen molar-refractivity contribution in [2.24, 2.45) is 0 Å². The molecule has 0 amide bonds. The lowest BCUT2D eigenvalue weighted by Crippen LogP contribution is -2.12. The topological polar surface area (TPSA) is 75.0 Å². The van der Waals surface area contributed by atoms with Crippen molar-refractivity contribution in [1.82, 2.24) is 0 Å². The van der Waals surface area contributed by atoms with Gasteiger partial charge >= 0.3 is 5.97 Å². The molecule has 1 saturated carbocycles. The van der Waals surface area contributed by atoms with Gasteiger partial charge in [0.2, 0.25) is 0 Å². The van der Waals surface area contributed by atoms with Crippen molar-refractivity contribution in [3.63, 3.8) is 0 Å². The maximum absolute atomic E-state index is 11.9. The van der Waals surface area contributed by atoms with Crippen molar-refractivity contribution in [3.8, 4) is 23.3 Å². The summed E-state index contributed by atoms with van der Waals surface area (Å²) in [6, 6.07) is 8.73. The number of benzene rings is 1. The number of esters is 1. The van der Waals surface area contributed by atoms with Crippen LogP contribution in [0.4, 0.5) is 0 Å². The molecule has 0 saturated heterocycles. The predicted molar refractivity (Wildman–Crippen MR) is 106 cm³/mol. The lowest BCUT2D eigenvalue weighted by molar-refractivity contribution is -0.140. The average Bonchev–Trinajstić information content (AvgIpc) is 3.42. The molecule has 0 unspecified atom stereocenters. The summed E-state index contributed by atoms with van der Waals surface area (Å²) in [5.41, 5.74) is 0.818. The Morgan fingerprint density at radius 1 is 1.21 bits per heavy atom. The highest BCUT2D eigenvalue weighted by atomic mass is 16.5. The minimum atomic E-state index is -0.427. The highest BCUT2D eigenvalue weighted by Gasteiger charge is 2.21. The highest BCUT2D eigenvalue weighted by molar-refractivity contribution is 5.72. The Balaban J connectivity index is 1.89. The van der Waals surface area contributed by atoms with E-state index in [0.29, 0.717) is 23.5 Å². The first-order valence-electron chi connectivity index (χ1n) is 9.61. The van der Waals surface area contributed by atoms with Crippen molar-refractivity contribution in [3.05, 3.63) is 47.4 Å². The summed E-state index contributed by atoms with van der Waals surface area (Å²) < 4.78 is 21.7. The molecule has 3 rings (SSSR count). The van der Waals surface area contributed by atoms with Crippen LogP contribution in [0.1, 0.15) is 59.9 Å². The van der Waals surface area contributed by atoms with Gasteiger partial charge in [-0.1, -0.05) is 12.0 Å². The van der Waals surface area contributed by atoms with Gasteiger partial charge in [0.1, 0.15) is 0 Å². The first-order chi connectivity index (χ1) is 14.1. The maximum Gasteiger partial charge on any atom is 0.307 e. The molecular weight excluding hydrogens is 372 g/mol. The highest BCUT2D eigenvalue weighted by Crippen LogP contribution is 2.35. The van der Waals surface area contributed by atoms with E-state index in [0.717, 1.165) is 31.2 Å². The summed E-state index contributed by atoms with van der Waals surface area (Å²) in [7, 11) is 2.95. The van der Waals surface area contributed by atoms with Crippen molar-refractivity contribution < 1.29 is 28.2 Å². The molecule has 6 nitrogen and oxygen atoms in total.